The third-order valence-electron chi connectivity index (χ3n) is 2.94. The van der Waals surface area contributed by atoms with Gasteiger partial charge in [-0.3, -0.25) is 9.69 Å². The highest BCUT2D eigenvalue weighted by atomic mass is 16.2. The van der Waals surface area contributed by atoms with Crippen LogP contribution in [-0.2, 0) is 0 Å². The van der Waals surface area contributed by atoms with Gasteiger partial charge < -0.3 is 0 Å². The lowest BCUT2D eigenvalue weighted by Gasteiger charge is -2.19. The molecule has 0 saturated heterocycles. The Balaban J connectivity index is 2.31. The Labute approximate surface area is 118 Å². The summed E-state index contributed by atoms with van der Waals surface area (Å²) < 4.78 is 0. The van der Waals surface area contributed by atoms with Crippen LogP contribution < -0.4 is 4.90 Å². The molecule has 0 aliphatic carbocycles. The fourth-order valence-corrected chi connectivity index (χ4v) is 1.88. The molecule has 2 rings (SSSR count). The Bertz CT molecular complexity index is 639. The first-order valence-corrected chi connectivity index (χ1v) is 6.22. The van der Waals surface area contributed by atoms with Gasteiger partial charge in [-0.25, -0.2) is 0 Å². The number of hydrogen-bond acceptors (Lipinski definition) is 2. The third kappa shape index (κ3) is 2.93. The Morgan fingerprint density at radius 1 is 1.15 bits per heavy atom. The van der Waals surface area contributed by atoms with E-state index >= 15 is 0 Å². The highest BCUT2D eigenvalue weighted by molar-refractivity contribution is 6.06. The summed E-state index contributed by atoms with van der Waals surface area (Å²) >= 11 is 0. The lowest BCUT2D eigenvalue weighted by atomic mass is 10.1. The maximum Gasteiger partial charge on any atom is 0.259 e. The van der Waals surface area contributed by atoms with E-state index in [-0.39, 0.29) is 12.5 Å². The number of hydrogen-bond donors (Lipinski definition) is 0. The van der Waals surface area contributed by atoms with Crippen LogP contribution in [0.5, 0.6) is 0 Å². The summed E-state index contributed by atoms with van der Waals surface area (Å²) in [6.45, 7) is 3.70. The van der Waals surface area contributed by atoms with Gasteiger partial charge in [-0.05, 0) is 29.8 Å². The largest absolute Gasteiger partial charge is 0.295 e. The number of nitriles is 1. The van der Waals surface area contributed by atoms with Gasteiger partial charge in [-0.1, -0.05) is 43.0 Å². The van der Waals surface area contributed by atoms with Crippen LogP contribution in [0, 0.1) is 11.3 Å². The number of carbonyl (C=O) groups is 1. The average Bonchev–Trinajstić information content (AvgIpc) is 2.53. The average molecular weight is 262 g/mol. The van der Waals surface area contributed by atoms with Gasteiger partial charge in [0.2, 0.25) is 0 Å². The number of rotatable bonds is 4. The smallest absolute Gasteiger partial charge is 0.259 e. The van der Waals surface area contributed by atoms with Crippen molar-refractivity contribution < 1.29 is 4.79 Å². The summed E-state index contributed by atoms with van der Waals surface area (Å²) in [5, 5.41) is 8.92. The summed E-state index contributed by atoms with van der Waals surface area (Å²) in [7, 11) is 0. The molecule has 3 nitrogen and oxygen atoms in total. The van der Waals surface area contributed by atoms with Gasteiger partial charge in [0.15, 0.2) is 0 Å². The lowest BCUT2D eigenvalue weighted by Crippen LogP contribution is -2.31. The van der Waals surface area contributed by atoms with Gasteiger partial charge in [-0.15, -0.1) is 0 Å². The SMILES string of the molecule is C=Cc1ccc(C(=O)N(CC#N)c2ccccc2)cc1. The molecule has 0 heterocycles. The molecule has 0 aromatic heterocycles. The Morgan fingerprint density at radius 3 is 2.35 bits per heavy atom. The second-order valence-electron chi connectivity index (χ2n) is 4.21. The Hall–Kier alpha value is -2.86. The molecule has 20 heavy (non-hydrogen) atoms. The van der Waals surface area contributed by atoms with Crippen LogP contribution in [-0.4, -0.2) is 12.5 Å². The van der Waals surface area contributed by atoms with Crippen LogP contribution in [0.25, 0.3) is 6.08 Å². The molecule has 0 fully saturated rings. The lowest BCUT2D eigenvalue weighted by molar-refractivity contribution is 0.0990. The zero-order valence-electron chi connectivity index (χ0n) is 11.0. The number of amides is 1. The molecular formula is C17H14N2O. The van der Waals surface area contributed by atoms with E-state index in [0.717, 1.165) is 5.56 Å². The molecule has 2 aromatic rings. The minimum absolute atomic E-state index is 0.0199. The second kappa shape index (κ2) is 6.35. The summed E-state index contributed by atoms with van der Waals surface area (Å²) in [5.41, 5.74) is 2.22. The molecule has 0 radical (unpaired) electrons. The second-order valence-corrected chi connectivity index (χ2v) is 4.21. The minimum Gasteiger partial charge on any atom is -0.295 e. The summed E-state index contributed by atoms with van der Waals surface area (Å²) in [5.74, 6) is -0.187. The Kier molecular flexibility index (Phi) is 4.31. The van der Waals surface area contributed by atoms with E-state index in [1.165, 1.54) is 4.90 Å². The molecule has 3 heteroatoms. The van der Waals surface area contributed by atoms with E-state index in [0.29, 0.717) is 11.3 Å². The standard InChI is InChI=1S/C17H14N2O/c1-2-14-8-10-15(11-9-14)17(20)19(13-12-18)16-6-4-3-5-7-16/h2-11H,1,13H2. The Morgan fingerprint density at radius 2 is 1.80 bits per heavy atom. The summed E-state index contributed by atoms with van der Waals surface area (Å²) in [6.07, 6.45) is 1.72. The van der Waals surface area contributed by atoms with Crippen molar-refractivity contribution in [2.45, 2.75) is 0 Å². The van der Waals surface area contributed by atoms with Crippen molar-refractivity contribution in [3.05, 3.63) is 72.3 Å². The molecule has 0 N–H and O–H groups in total. The van der Waals surface area contributed by atoms with Gasteiger partial charge in [0, 0.05) is 11.3 Å². The van der Waals surface area contributed by atoms with E-state index in [1.54, 1.807) is 18.2 Å². The van der Waals surface area contributed by atoms with E-state index < -0.39 is 0 Å². The van der Waals surface area contributed by atoms with Gasteiger partial charge in [0.25, 0.3) is 5.91 Å². The van der Waals surface area contributed by atoms with Crippen LogP contribution in [0.1, 0.15) is 15.9 Å². The summed E-state index contributed by atoms with van der Waals surface area (Å²) in [6, 6.07) is 18.4. The normalized spacial score (nSPS) is 9.55. The molecule has 0 saturated carbocycles. The monoisotopic (exact) mass is 262 g/mol. The minimum atomic E-state index is -0.187. The van der Waals surface area contributed by atoms with Gasteiger partial charge in [0.1, 0.15) is 6.54 Å². The molecule has 2 aromatic carbocycles. The predicted molar refractivity (Wildman–Crippen MR) is 80.3 cm³/mol. The zero-order valence-corrected chi connectivity index (χ0v) is 11.0. The van der Waals surface area contributed by atoms with Gasteiger partial charge >= 0.3 is 0 Å². The topological polar surface area (TPSA) is 44.1 Å². The molecule has 0 bridgehead atoms. The maximum absolute atomic E-state index is 12.5. The maximum atomic E-state index is 12.5. The number of anilines is 1. The van der Waals surface area contributed by atoms with Crippen LogP contribution >= 0.6 is 0 Å². The zero-order chi connectivity index (χ0) is 14.4. The number of nitrogens with zero attached hydrogens (tertiary/aromatic N) is 2. The first kappa shape index (κ1) is 13.6. The number of benzene rings is 2. The highest BCUT2D eigenvalue weighted by Gasteiger charge is 2.16. The van der Waals surface area contributed by atoms with Crippen LogP contribution in [0.4, 0.5) is 5.69 Å². The van der Waals surface area contributed by atoms with Crippen molar-refractivity contribution in [1.29, 1.82) is 5.26 Å². The van der Waals surface area contributed by atoms with Gasteiger partial charge in [0.05, 0.1) is 6.07 Å². The first-order chi connectivity index (χ1) is 9.76. The van der Waals surface area contributed by atoms with E-state index in [9.17, 15) is 4.79 Å². The van der Waals surface area contributed by atoms with Crippen molar-refractivity contribution >= 4 is 17.7 Å². The van der Waals surface area contributed by atoms with Crippen molar-refractivity contribution in [2.24, 2.45) is 0 Å². The first-order valence-electron chi connectivity index (χ1n) is 6.22. The van der Waals surface area contributed by atoms with Gasteiger partial charge in [-0.2, -0.15) is 5.26 Å². The predicted octanol–water partition coefficient (Wildman–Crippen LogP) is 3.50. The van der Waals surface area contributed by atoms with Crippen molar-refractivity contribution in [3.63, 3.8) is 0 Å². The molecule has 1 amide bonds. The number of carbonyl (C=O) groups excluding carboxylic acids is 1. The molecule has 0 atom stereocenters. The van der Waals surface area contributed by atoms with E-state index in [4.69, 9.17) is 5.26 Å². The van der Waals surface area contributed by atoms with Crippen LogP contribution in [0.3, 0.4) is 0 Å². The van der Waals surface area contributed by atoms with Crippen LogP contribution in [0.2, 0.25) is 0 Å². The van der Waals surface area contributed by atoms with E-state index in [2.05, 4.69) is 6.58 Å². The van der Waals surface area contributed by atoms with Crippen molar-refractivity contribution in [3.8, 4) is 6.07 Å². The molecule has 98 valence electrons. The summed E-state index contributed by atoms with van der Waals surface area (Å²) in [4.78, 5) is 13.9. The fourth-order valence-electron chi connectivity index (χ4n) is 1.88. The molecule has 0 aliphatic rings. The van der Waals surface area contributed by atoms with Crippen molar-refractivity contribution in [1.82, 2.24) is 0 Å². The number of para-hydroxylation sites is 1. The molecular weight excluding hydrogens is 248 g/mol. The van der Waals surface area contributed by atoms with Crippen molar-refractivity contribution in [2.75, 3.05) is 11.4 Å². The molecule has 0 spiro atoms. The van der Waals surface area contributed by atoms with Crippen LogP contribution in [0.15, 0.2) is 61.2 Å². The molecule has 0 aliphatic heterocycles. The quantitative estimate of drug-likeness (QED) is 0.791. The fraction of sp³-hybridized carbons (Fsp3) is 0.0588. The van der Waals surface area contributed by atoms with E-state index in [1.807, 2.05) is 48.5 Å². The highest BCUT2D eigenvalue weighted by Crippen LogP contribution is 2.17. The third-order valence-corrected chi connectivity index (χ3v) is 2.94. The molecule has 0 unspecified atom stereocenters.